The van der Waals surface area contributed by atoms with E-state index in [9.17, 15) is 39.4 Å². The molecule has 15 nitrogen and oxygen atoms in total. The zero-order valence-corrected chi connectivity index (χ0v) is 28.5. The highest BCUT2D eigenvalue weighted by molar-refractivity contribution is 6.47. The van der Waals surface area contributed by atoms with Crippen molar-refractivity contribution in [3.63, 3.8) is 0 Å². The minimum Gasteiger partial charge on any atom is -0.330 e. The van der Waals surface area contributed by atoms with E-state index in [4.69, 9.17) is 9.68 Å². The van der Waals surface area contributed by atoms with Gasteiger partial charge in [-0.3, -0.25) is 29.8 Å². The number of fused-ring (bicyclic) bond motifs is 3. The Morgan fingerprint density at radius 2 is 1.19 bits per heavy atom. The van der Waals surface area contributed by atoms with E-state index in [0.29, 0.717) is 0 Å². The summed E-state index contributed by atoms with van der Waals surface area (Å²) in [6.45, 7) is 2.97. The molecule has 0 saturated heterocycles. The van der Waals surface area contributed by atoms with Crippen molar-refractivity contribution in [3.8, 4) is 0 Å². The predicted octanol–water partition coefficient (Wildman–Crippen LogP) is 7.63. The number of nitrogens with zero attached hydrogens (tertiary/aromatic N) is 5. The third-order valence-electron chi connectivity index (χ3n) is 9.06. The normalized spacial score (nSPS) is 13.4. The van der Waals surface area contributed by atoms with E-state index in [1.165, 1.54) is 47.9 Å². The maximum absolute atomic E-state index is 14.1. The van der Waals surface area contributed by atoms with E-state index in [0.717, 1.165) is 31.4 Å². The molecule has 0 unspecified atom stereocenters. The number of oxime groups is 2. The lowest BCUT2D eigenvalue weighted by Crippen LogP contribution is -2.23. The topological polar surface area (TPSA) is 203 Å². The molecule has 15 heteroatoms. The van der Waals surface area contributed by atoms with Gasteiger partial charge in [0.1, 0.15) is 22.5 Å². The van der Waals surface area contributed by atoms with E-state index in [-0.39, 0.29) is 74.4 Å². The molecule has 0 N–H and O–H groups in total. The fraction of sp³-hybridized carbons (Fsp3) is 0.211. The molecule has 0 atom stereocenters. The largest absolute Gasteiger partial charge is 0.365 e. The van der Waals surface area contributed by atoms with Crippen LogP contribution in [-0.2, 0) is 16.2 Å². The summed E-state index contributed by atoms with van der Waals surface area (Å²) >= 11 is 0. The quantitative estimate of drug-likeness (QED) is 0.0383. The first kappa shape index (κ1) is 35.9. The fourth-order valence-electron chi connectivity index (χ4n) is 6.20. The average molecular weight is 718 g/mol. The number of hydrogen-bond acceptors (Lipinski definition) is 12. The van der Waals surface area contributed by atoms with E-state index in [1.54, 1.807) is 43.3 Å². The van der Waals surface area contributed by atoms with Crippen LogP contribution in [0.15, 0.2) is 95.2 Å². The minimum atomic E-state index is -0.829. The van der Waals surface area contributed by atoms with Gasteiger partial charge < -0.3 is 14.2 Å². The smallest absolute Gasteiger partial charge is 0.330 e. The second-order valence-electron chi connectivity index (χ2n) is 12.4. The molecule has 268 valence electrons. The van der Waals surface area contributed by atoms with Gasteiger partial charge in [0.2, 0.25) is 11.6 Å². The number of ketones is 2. The lowest BCUT2D eigenvalue weighted by Gasteiger charge is -2.25. The van der Waals surface area contributed by atoms with Gasteiger partial charge in [-0.05, 0) is 62.6 Å². The summed E-state index contributed by atoms with van der Waals surface area (Å²) in [7, 11) is 0. The van der Waals surface area contributed by atoms with Crippen molar-refractivity contribution in [1.29, 1.82) is 0 Å². The van der Waals surface area contributed by atoms with Gasteiger partial charge in [-0.15, -0.1) is 0 Å². The summed E-state index contributed by atoms with van der Waals surface area (Å²) < 4.78 is 1.39. The van der Waals surface area contributed by atoms with Gasteiger partial charge in [0.05, 0.1) is 21.0 Å². The number of Topliss-reactive ketones (excluding diaryl/α,β-unsaturated/α-hetero) is 2. The number of non-ortho nitro benzene ring substituents is 2. The molecule has 1 heterocycles. The van der Waals surface area contributed by atoms with Crippen LogP contribution in [0, 0.1) is 26.1 Å². The van der Waals surface area contributed by atoms with Gasteiger partial charge in [-0.1, -0.05) is 66.0 Å². The Morgan fingerprint density at radius 3 is 1.62 bits per heavy atom. The molecule has 5 aromatic rings. The average Bonchev–Trinajstić information content (AvgIpc) is 3.48. The first-order valence-corrected chi connectivity index (χ1v) is 16.6. The van der Waals surface area contributed by atoms with Crippen LogP contribution in [0.4, 0.5) is 11.4 Å². The monoisotopic (exact) mass is 717 g/mol. The van der Waals surface area contributed by atoms with Crippen molar-refractivity contribution in [2.75, 3.05) is 0 Å². The van der Waals surface area contributed by atoms with Crippen LogP contribution in [0.25, 0.3) is 21.8 Å². The summed E-state index contributed by atoms with van der Waals surface area (Å²) in [6.07, 6.45) is 2.73. The number of nitro groups is 2. The molecule has 0 amide bonds. The number of aromatic nitrogens is 1. The highest BCUT2D eigenvalue weighted by atomic mass is 16.7. The van der Waals surface area contributed by atoms with Gasteiger partial charge in [0, 0.05) is 40.6 Å². The van der Waals surface area contributed by atoms with Crippen LogP contribution in [0.2, 0.25) is 0 Å². The van der Waals surface area contributed by atoms with Crippen molar-refractivity contribution in [1.82, 2.24) is 4.57 Å². The molecule has 4 aromatic carbocycles. The van der Waals surface area contributed by atoms with Crippen LogP contribution >= 0.6 is 0 Å². The molecule has 0 radical (unpaired) electrons. The lowest BCUT2D eigenvalue weighted by molar-refractivity contribution is -0.383. The standard InChI is InChI=1S/C38H31N5O10/c1-3-41-33-28(18-26(20-31(33)42(48)49)35(44)22(2)39-52-37(46)24-13-6-4-7-14-24)29-19-27(21-32(34(29)41)43(50)51)36(45)30(17-23-11-10-12-23)40-53-38(47)25-15-8-5-9-16-25/h4-9,13-16,18-21,23H,3,10-12,17H2,1-2H3/b39-22+,40-30+. The summed E-state index contributed by atoms with van der Waals surface area (Å²) in [4.78, 5) is 86.5. The number of hydrogen-bond donors (Lipinski definition) is 0. The van der Waals surface area contributed by atoms with Crippen molar-refractivity contribution in [3.05, 3.63) is 127 Å². The molecule has 53 heavy (non-hydrogen) atoms. The zero-order valence-electron chi connectivity index (χ0n) is 28.5. The summed E-state index contributed by atoms with van der Waals surface area (Å²) in [5.74, 6) is -3.09. The molecule has 1 aromatic heterocycles. The van der Waals surface area contributed by atoms with Crippen LogP contribution in [0.5, 0.6) is 0 Å². The van der Waals surface area contributed by atoms with Crippen molar-refractivity contribution >= 4 is 68.1 Å². The third kappa shape index (κ3) is 7.30. The van der Waals surface area contributed by atoms with Crippen LogP contribution in [0.3, 0.4) is 0 Å². The molecular weight excluding hydrogens is 686 g/mol. The highest BCUT2D eigenvalue weighted by Crippen LogP contribution is 2.41. The number of carbonyl (C=O) groups is 4. The molecule has 0 spiro atoms. The zero-order chi connectivity index (χ0) is 37.8. The van der Waals surface area contributed by atoms with Gasteiger partial charge in [-0.25, -0.2) is 9.59 Å². The predicted molar refractivity (Wildman–Crippen MR) is 193 cm³/mol. The first-order chi connectivity index (χ1) is 25.5. The Kier molecular flexibility index (Phi) is 10.3. The second-order valence-corrected chi connectivity index (χ2v) is 12.4. The Labute approximate surface area is 300 Å². The van der Waals surface area contributed by atoms with E-state index >= 15 is 0 Å². The van der Waals surface area contributed by atoms with Gasteiger partial charge >= 0.3 is 11.9 Å². The first-order valence-electron chi connectivity index (χ1n) is 16.6. The molecule has 1 fully saturated rings. The van der Waals surface area contributed by atoms with Crippen LogP contribution < -0.4 is 0 Å². The Morgan fingerprint density at radius 1 is 0.717 bits per heavy atom. The fourth-order valence-corrected chi connectivity index (χ4v) is 6.20. The maximum atomic E-state index is 14.1. The molecule has 0 bridgehead atoms. The Balaban J connectivity index is 1.47. The Bertz CT molecular complexity index is 2380. The number of carbonyl (C=O) groups excluding carboxylic acids is 4. The number of nitro benzene ring substituents is 2. The highest BCUT2D eigenvalue weighted by Gasteiger charge is 2.31. The molecule has 1 saturated carbocycles. The van der Waals surface area contributed by atoms with E-state index in [1.807, 2.05) is 0 Å². The lowest BCUT2D eigenvalue weighted by atomic mass is 9.80. The molecule has 1 aliphatic rings. The maximum Gasteiger partial charge on any atom is 0.365 e. The van der Waals surface area contributed by atoms with E-state index < -0.39 is 44.7 Å². The second kappa shape index (κ2) is 15.1. The summed E-state index contributed by atoms with van der Waals surface area (Å²) in [5.41, 5.74) is -1.47. The molecule has 1 aliphatic carbocycles. The summed E-state index contributed by atoms with van der Waals surface area (Å²) in [6, 6.07) is 20.7. The molecule has 0 aliphatic heterocycles. The van der Waals surface area contributed by atoms with Gasteiger partial charge in [-0.2, -0.15) is 0 Å². The van der Waals surface area contributed by atoms with Crippen LogP contribution in [-0.4, -0.2) is 49.3 Å². The Hall–Kier alpha value is -6.90. The van der Waals surface area contributed by atoms with E-state index in [2.05, 4.69) is 10.3 Å². The molecular formula is C38H31N5O10. The van der Waals surface area contributed by atoms with Gasteiger partial charge in [0.15, 0.2) is 0 Å². The van der Waals surface area contributed by atoms with Gasteiger partial charge in [0.25, 0.3) is 11.4 Å². The minimum absolute atomic E-state index is 0.00748. The number of aryl methyl sites for hydroxylation is 1. The van der Waals surface area contributed by atoms with Crippen molar-refractivity contribution in [2.45, 2.75) is 46.1 Å². The number of rotatable bonds is 13. The van der Waals surface area contributed by atoms with Crippen molar-refractivity contribution < 1.29 is 38.7 Å². The van der Waals surface area contributed by atoms with Crippen molar-refractivity contribution in [2.24, 2.45) is 16.2 Å². The summed E-state index contributed by atoms with van der Waals surface area (Å²) in [5, 5.41) is 32.8. The molecule has 6 rings (SSSR count). The number of benzene rings is 4. The van der Waals surface area contributed by atoms with Crippen LogP contribution in [0.1, 0.15) is 81.0 Å². The SMILES string of the molecule is CCn1c2c([N+](=O)[O-])cc(C(=O)/C(C)=N/OC(=O)c3ccccc3)cc2c2cc(C(=O)/C(CC3CCC3)=N/OC(=O)c3ccccc3)cc([N+](=O)[O-])c21. The third-order valence-corrected chi connectivity index (χ3v) is 9.06.